The first-order valence-corrected chi connectivity index (χ1v) is 20.0. The standard InChI is InChI=1S/C55H41N/c1-53(2)46-23-9-5-17-38(46)42-29-27-36(32-50(42)53)56(37-28-30-43-39-18-6-10-24-47(39)54(3,4)51(43)33-37)35-16-13-15-34(31-35)55-48-25-11-7-19-40(48)44-21-14-22-45(52(44)55)41-20-8-12-26-49(41)55/h5-33H,1-4H3. The lowest BCUT2D eigenvalue weighted by atomic mass is 9.70. The normalized spacial score (nSPS) is 15.9. The Balaban J connectivity index is 1.11. The van der Waals surface area contributed by atoms with Crippen molar-refractivity contribution in [1.29, 1.82) is 0 Å². The zero-order valence-corrected chi connectivity index (χ0v) is 32.2. The van der Waals surface area contributed by atoms with E-state index < -0.39 is 5.41 Å². The van der Waals surface area contributed by atoms with Crippen LogP contribution in [0.2, 0.25) is 0 Å². The third-order valence-electron chi connectivity index (χ3n) is 13.9. The van der Waals surface area contributed by atoms with Crippen LogP contribution in [0.1, 0.15) is 72.2 Å². The van der Waals surface area contributed by atoms with Crippen molar-refractivity contribution < 1.29 is 0 Å². The molecule has 4 aliphatic carbocycles. The molecule has 0 unspecified atom stereocenters. The summed E-state index contributed by atoms with van der Waals surface area (Å²) < 4.78 is 0. The van der Waals surface area contributed by atoms with Gasteiger partial charge in [-0.1, -0.05) is 167 Å². The van der Waals surface area contributed by atoms with Crippen molar-refractivity contribution in [3.63, 3.8) is 0 Å². The molecule has 0 radical (unpaired) electrons. The molecule has 0 heterocycles. The minimum Gasteiger partial charge on any atom is -0.310 e. The predicted molar refractivity (Wildman–Crippen MR) is 233 cm³/mol. The maximum atomic E-state index is 2.52. The molecule has 0 fully saturated rings. The van der Waals surface area contributed by atoms with Crippen LogP contribution in [0.4, 0.5) is 17.1 Å². The number of fused-ring (bicyclic) bond motifs is 12. The van der Waals surface area contributed by atoms with Crippen molar-refractivity contribution in [1.82, 2.24) is 0 Å². The van der Waals surface area contributed by atoms with E-state index in [-0.39, 0.29) is 10.8 Å². The molecule has 0 atom stereocenters. The van der Waals surface area contributed by atoms with Gasteiger partial charge in [-0.25, -0.2) is 0 Å². The maximum absolute atomic E-state index is 2.52. The van der Waals surface area contributed by atoms with Gasteiger partial charge in [-0.3, -0.25) is 0 Å². The zero-order chi connectivity index (χ0) is 37.6. The van der Waals surface area contributed by atoms with E-state index in [0.29, 0.717) is 0 Å². The largest absolute Gasteiger partial charge is 0.310 e. The van der Waals surface area contributed by atoms with Crippen LogP contribution in [0.5, 0.6) is 0 Å². The van der Waals surface area contributed by atoms with Crippen LogP contribution in [0, 0.1) is 0 Å². The summed E-state index contributed by atoms with van der Waals surface area (Å²) in [7, 11) is 0. The van der Waals surface area contributed by atoms with Crippen molar-refractivity contribution in [2.75, 3.05) is 4.90 Å². The molecule has 0 aliphatic heterocycles. The fourth-order valence-corrected chi connectivity index (χ4v) is 11.4. The SMILES string of the molecule is CC1(C)c2ccccc2-c2ccc(N(c3cccc(C45c6ccccc6-c6cccc(c64)-c4ccccc45)c3)c3ccc4c(c3)C(C)(C)c3ccccc3-4)cc21. The lowest BCUT2D eigenvalue weighted by Gasteiger charge is -2.33. The maximum Gasteiger partial charge on any atom is 0.0726 e. The van der Waals surface area contributed by atoms with Crippen LogP contribution in [0.3, 0.4) is 0 Å². The molecule has 4 aliphatic rings. The van der Waals surface area contributed by atoms with Gasteiger partial charge < -0.3 is 4.90 Å². The fraction of sp³-hybridized carbons (Fsp3) is 0.127. The Labute approximate surface area is 329 Å². The minimum atomic E-state index is -0.413. The smallest absolute Gasteiger partial charge is 0.0726 e. The highest BCUT2D eigenvalue weighted by molar-refractivity contribution is 5.99. The van der Waals surface area contributed by atoms with Crippen molar-refractivity contribution in [3.05, 3.63) is 220 Å². The molecule has 0 spiro atoms. The van der Waals surface area contributed by atoms with E-state index in [2.05, 4.69) is 209 Å². The topological polar surface area (TPSA) is 3.24 Å². The van der Waals surface area contributed by atoms with Crippen LogP contribution in [-0.4, -0.2) is 0 Å². The number of rotatable bonds is 4. The van der Waals surface area contributed by atoms with E-state index in [1.54, 1.807) is 0 Å². The first-order chi connectivity index (χ1) is 27.3. The molecule has 1 nitrogen and oxygen atoms in total. The molecule has 1 heteroatoms. The first kappa shape index (κ1) is 31.9. The van der Waals surface area contributed by atoms with Gasteiger partial charge in [0, 0.05) is 27.9 Å². The average Bonchev–Trinajstić information content (AvgIpc) is 3.87. The summed E-state index contributed by atoms with van der Waals surface area (Å²) >= 11 is 0. The van der Waals surface area contributed by atoms with Gasteiger partial charge in [0.25, 0.3) is 0 Å². The van der Waals surface area contributed by atoms with E-state index in [4.69, 9.17) is 0 Å². The van der Waals surface area contributed by atoms with Crippen LogP contribution < -0.4 is 4.90 Å². The molecule has 8 aromatic rings. The molecule has 0 saturated heterocycles. The Hall–Kier alpha value is -6.44. The summed E-state index contributed by atoms with van der Waals surface area (Å²) in [5, 5.41) is 0. The van der Waals surface area contributed by atoms with Crippen molar-refractivity contribution in [2.45, 2.75) is 43.9 Å². The summed E-state index contributed by atoms with van der Waals surface area (Å²) in [6.07, 6.45) is 0. The molecule has 0 saturated carbocycles. The summed E-state index contributed by atoms with van der Waals surface area (Å²) in [5.41, 5.74) is 24.6. The van der Waals surface area contributed by atoms with Gasteiger partial charge in [-0.2, -0.15) is 0 Å². The number of hydrogen-bond donors (Lipinski definition) is 0. The highest BCUT2D eigenvalue weighted by Crippen LogP contribution is 2.64. The van der Waals surface area contributed by atoms with Crippen LogP contribution in [-0.2, 0) is 16.2 Å². The van der Waals surface area contributed by atoms with E-state index in [9.17, 15) is 0 Å². The zero-order valence-electron chi connectivity index (χ0n) is 32.2. The Morgan fingerprint density at radius 2 is 0.679 bits per heavy atom. The van der Waals surface area contributed by atoms with Gasteiger partial charge in [0.05, 0.1) is 5.41 Å². The van der Waals surface area contributed by atoms with Gasteiger partial charge in [0.15, 0.2) is 0 Å². The fourth-order valence-electron chi connectivity index (χ4n) is 11.4. The summed E-state index contributed by atoms with van der Waals surface area (Å²) in [6, 6.07) is 66.8. The highest BCUT2D eigenvalue weighted by atomic mass is 15.1. The number of nitrogens with zero attached hydrogens (tertiary/aromatic N) is 1. The van der Waals surface area contributed by atoms with Gasteiger partial charge in [0.2, 0.25) is 0 Å². The monoisotopic (exact) mass is 715 g/mol. The lowest BCUT2D eigenvalue weighted by Crippen LogP contribution is -2.26. The van der Waals surface area contributed by atoms with Gasteiger partial charge >= 0.3 is 0 Å². The molecule has 12 rings (SSSR count). The molecule has 56 heavy (non-hydrogen) atoms. The second-order valence-electron chi connectivity index (χ2n) is 17.3. The molecule has 0 N–H and O–H groups in total. The second-order valence-corrected chi connectivity index (χ2v) is 17.3. The Morgan fingerprint density at radius 3 is 1.18 bits per heavy atom. The van der Waals surface area contributed by atoms with E-state index >= 15 is 0 Å². The molecule has 0 aromatic heterocycles. The van der Waals surface area contributed by atoms with Crippen molar-refractivity contribution in [3.8, 4) is 44.5 Å². The molecule has 0 bridgehead atoms. The van der Waals surface area contributed by atoms with Gasteiger partial charge in [-0.05, 0) is 125 Å². The van der Waals surface area contributed by atoms with E-state index in [0.717, 1.165) is 5.69 Å². The van der Waals surface area contributed by atoms with Crippen LogP contribution >= 0.6 is 0 Å². The highest BCUT2D eigenvalue weighted by Gasteiger charge is 2.52. The molecule has 8 aromatic carbocycles. The van der Waals surface area contributed by atoms with Gasteiger partial charge in [0.1, 0.15) is 0 Å². The van der Waals surface area contributed by atoms with Crippen LogP contribution in [0.25, 0.3) is 44.5 Å². The summed E-state index contributed by atoms with van der Waals surface area (Å²) in [4.78, 5) is 2.52. The number of hydrogen-bond acceptors (Lipinski definition) is 1. The summed E-state index contributed by atoms with van der Waals surface area (Å²) in [5.74, 6) is 0. The Morgan fingerprint density at radius 1 is 0.304 bits per heavy atom. The molecule has 266 valence electrons. The summed E-state index contributed by atoms with van der Waals surface area (Å²) in [6.45, 7) is 9.52. The average molecular weight is 716 g/mol. The van der Waals surface area contributed by atoms with Gasteiger partial charge in [-0.15, -0.1) is 0 Å². The first-order valence-electron chi connectivity index (χ1n) is 20.0. The van der Waals surface area contributed by atoms with Crippen LogP contribution in [0.15, 0.2) is 176 Å². The minimum absolute atomic E-state index is 0.114. The van der Waals surface area contributed by atoms with E-state index in [1.807, 2.05) is 0 Å². The second kappa shape index (κ2) is 10.9. The quantitative estimate of drug-likeness (QED) is 0.175. The Kier molecular flexibility index (Phi) is 6.18. The van der Waals surface area contributed by atoms with Crippen molar-refractivity contribution in [2.24, 2.45) is 0 Å². The third kappa shape index (κ3) is 3.85. The third-order valence-corrected chi connectivity index (χ3v) is 13.9. The lowest BCUT2D eigenvalue weighted by molar-refractivity contribution is 0.660. The Bertz CT molecular complexity index is 2820. The molecule has 0 amide bonds. The molecular weight excluding hydrogens is 675 g/mol. The molecular formula is C55H41N. The van der Waals surface area contributed by atoms with E-state index in [1.165, 1.54) is 100 Å². The number of benzene rings is 8. The van der Waals surface area contributed by atoms with Crippen molar-refractivity contribution >= 4 is 17.1 Å². The predicted octanol–water partition coefficient (Wildman–Crippen LogP) is 14.1. The number of anilines is 3.